The van der Waals surface area contributed by atoms with Crippen LogP contribution in [0.3, 0.4) is 0 Å². The van der Waals surface area contributed by atoms with E-state index >= 15 is 0 Å². The highest BCUT2D eigenvalue weighted by atomic mass is 32.2. The molecule has 2 atom stereocenters. The molecule has 4 heterocycles. The summed E-state index contributed by atoms with van der Waals surface area (Å²) in [6, 6.07) is 1.70. The molecule has 9 nitrogen and oxygen atoms in total. The standard InChI is InChI=1S/C18H26N6O3S/c1-12-10-15(22-27-12)19-16(25)13(2)28-18-21-20-17(23-7-3-4-8-23)24(18)11-14-6-5-9-26-14/h10,13-14H,3-9,11H2,1-2H3,(H,19,22,25)/t13-,14-/m1/s1. The van der Waals surface area contributed by atoms with Gasteiger partial charge < -0.3 is 19.5 Å². The molecule has 10 heteroatoms. The number of rotatable bonds is 7. The van der Waals surface area contributed by atoms with Crippen LogP contribution in [0.2, 0.25) is 0 Å². The van der Waals surface area contributed by atoms with E-state index < -0.39 is 0 Å². The van der Waals surface area contributed by atoms with Crippen molar-refractivity contribution in [2.75, 3.05) is 29.9 Å². The van der Waals surface area contributed by atoms with E-state index in [1.54, 1.807) is 13.0 Å². The van der Waals surface area contributed by atoms with Crippen LogP contribution in [0.25, 0.3) is 0 Å². The number of anilines is 2. The van der Waals surface area contributed by atoms with Crippen LogP contribution in [0.1, 0.15) is 38.4 Å². The van der Waals surface area contributed by atoms with Crippen molar-refractivity contribution in [3.8, 4) is 0 Å². The van der Waals surface area contributed by atoms with Crippen molar-refractivity contribution in [2.45, 2.75) is 62.6 Å². The summed E-state index contributed by atoms with van der Waals surface area (Å²) in [7, 11) is 0. The summed E-state index contributed by atoms with van der Waals surface area (Å²) in [4.78, 5) is 14.8. The number of ether oxygens (including phenoxy) is 1. The molecule has 2 fully saturated rings. The Labute approximate surface area is 168 Å². The van der Waals surface area contributed by atoms with Crippen LogP contribution in [-0.2, 0) is 16.1 Å². The van der Waals surface area contributed by atoms with Crippen LogP contribution in [0.5, 0.6) is 0 Å². The fourth-order valence-electron chi connectivity index (χ4n) is 3.54. The van der Waals surface area contributed by atoms with Crippen molar-refractivity contribution >= 4 is 29.4 Å². The zero-order chi connectivity index (χ0) is 19.5. The monoisotopic (exact) mass is 406 g/mol. The van der Waals surface area contributed by atoms with E-state index in [4.69, 9.17) is 9.26 Å². The first kappa shape index (κ1) is 19.3. The second kappa shape index (κ2) is 8.52. The summed E-state index contributed by atoms with van der Waals surface area (Å²) in [6.45, 7) is 7.16. The molecule has 0 bridgehead atoms. The average Bonchev–Trinajstić information content (AvgIpc) is 3.45. The highest BCUT2D eigenvalue weighted by molar-refractivity contribution is 8.00. The summed E-state index contributed by atoms with van der Waals surface area (Å²) in [5.41, 5.74) is 0. The Morgan fingerprint density at radius 2 is 2.18 bits per heavy atom. The van der Waals surface area contributed by atoms with E-state index in [-0.39, 0.29) is 17.3 Å². The molecule has 2 aliphatic heterocycles. The third-order valence-electron chi connectivity index (χ3n) is 5.03. The molecular formula is C18H26N6O3S. The van der Waals surface area contributed by atoms with Crippen molar-refractivity contribution in [1.82, 2.24) is 19.9 Å². The molecule has 2 aromatic heterocycles. The first-order chi connectivity index (χ1) is 13.6. The predicted molar refractivity (Wildman–Crippen MR) is 106 cm³/mol. The van der Waals surface area contributed by atoms with Gasteiger partial charge in [0.25, 0.3) is 0 Å². The molecule has 0 radical (unpaired) electrons. The molecule has 0 unspecified atom stereocenters. The molecule has 1 N–H and O–H groups in total. The Hall–Kier alpha value is -2.07. The van der Waals surface area contributed by atoms with Gasteiger partial charge in [0, 0.05) is 25.8 Å². The van der Waals surface area contributed by atoms with E-state index in [0.717, 1.165) is 50.2 Å². The lowest BCUT2D eigenvalue weighted by Crippen LogP contribution is -2.26. The Kier molecular flexibility index (Phi) is 5.86. The molecular weight excluding hydrogens is 380 g/mol. The SMILES string of the molecule is Cc1cc(NC(=O)[C@@H](C)Sc2nnc(N3CCCC3)n2C[C@H]2CCCO2)no1. The lowest BCUT2D eigenvalue weighted by molar-refractivity contribution is -0.115. The summed E-state index contributed by atoms with van der Waals surface area (Å²) >= 11 is 1.40. The van der Waals surface area contributed by atoms with Gasteiger partial charge in [-0.15, -0.1) is 10.2 Å². The lowest BCUT2D eigenvalue weighted by atomic mass is 10.2. The second-order valence-corrected chi connectivity index (χ2v) is 8.60. The highest BCUT2D eigenvalue weighted by Gasteiger charge is 2.27. The fraction of sp³-hybridized carbons (Fsp3) is 0.667. The van der Waals surface area contributed by atoms with Crippen molar-refractivity contribution in [2.24, 2.45) is 0 Å². The predicted octanol–water partition coefficient (Wildman–Crippen LogP) is 2.47. The first-order valence-electron chi connectivity index (χ1n) is 9.81. The van der Waals surface area contributed by atoms with Gasteiger partial charge in [0.2, 0.25) is 11.9 Å². The third kappa shape index (κ3) is 4.33. The maximum atomic E-state index is 12.5. The Bertz CT molecular complexity index is 810. The average molecular weight is 407 g/mol. The van der Waals surface area contributed by atoms with Gasteiger partial charge in [0.1, 0.15) is 5.76 Å². The number of carbonyl (C=O) groups is 1. The minimum absolute atomic E-state index is 0.146. The topological polar surface area (TPSA) is 98.3 Å². The van der Waals surface area contributed by atoms with E-state index in [1.165, 1.54) is 24.6 Å². The van der Waals surface area contributed by atoms with Gasteiger partial charge in [0.15, 0.2) is 11.0 Å². The zero-order valence-electron chi connectivity index (χ0n) is 16.3. The van der Waals surface area contributed by atoms with E-state index in [9.17, 15) is 4.79 Å². The van der Waals surface area contributed by atoms with Gasteiger partial charge in [-0.3, -0.25) is 9.36 Å². The molecule has 28 heavy (non-hydrogen) atoms. The van der Waals surface area contributed by atoms with Gasteiger partial charge >= 0.3 is 0 Å². The van der Waals surface area contributed by atoms with E-state index in [2.05, 4.69) is 30.1 Å². The molecule has 0 saturated carbocycles. The Morgan fingerprint density at radius 1 is 1.36 bits per heavy atom. The van der Waals surface area contributed by atoms with Crippen LogP contribution in [0, 0.1) is 6.92 Å². The first-order valence-corrected chi connectivity index (χ1v) is 10.7. The number of nitrogens with one attached hydrogen (secondary N) is 1. The minimum atomic E-state index is -0.351. The van der Waals surface area contributed by atoms with Gasteiger partial charge in [-0.05, 0) is 39.5 Å². The number of hydrogen-bond acceptors (Lipinski definition) is 8. The second-order valence-electron chi connectivity index (χ2n) is 7.29. The van der Waals surface area contributed by atoms with Crippen LogP contribution >= 0.6 is 11.8 Å². The van der Waals surface area contributed by atoms with E-state index in [1.807, 2.05) is 6.92 Å². The molecule has 2 aliphatic rings. The Morgan fingerprint density at radius 3 is 2.86 bits per heavy atom. The number of aromatic nitrogens is 4. The summed E-state index contributed by atoms with van der Waals surface area (Å²) in [6.07, 6.45) is 4.66. The normalized spacial score (nSPS) is 20.6. The maximum Gasteiger partial charge on any atom is 0.238 e. The van der Waals surface area contributed by atoms with Crippen molar-refractivity contribution in [3.63, 3.8) is 0 Å². The molecule has 0 aliphatic carbocycles. The zero-order valence-corrected chi connectivity index (χ0v) is 17.1. The van der Waals surface area contributed by atoms with Crippen molar-refractivity contribution in [1.29, 1.82) is 0 Å². The highest BCUT2D eigenvalue weighted by Crippen LogP contribution is 2.29. The van der Waals surface area contributed by atoms with Crippen LogP contribution in [0.15, 0.2) is 15.7 Å². The number of thioether (sulfide) groups is 1. The van der Waals surface area contributed by atoms with E-state index in [0.29, 0.717) is 11.6 Å². The molecule has 4 rings (SSSR count). The third-order valence-corrected chi connectivity index (χ3v) is 6.11. The molecule has 2 saturated heterocycles. The van der Waals surface area contributed by atoms with Gasteiger partial charge in [-0.2, -0.15) is 0 Å². The molecule has 152 valence electrons. The van der Waals surface area contributed by atoms with Crippen molar-refractivity contribution < 1.29 is 14.1 Å². The number of amides is 1. The fourth-order valence-corrected chi connectivity index (χ4v) is 4.39. The van der Waals surface area contributed by atoms with Crippen LogP contribution < -0.4 is 10.2 Å². The van der Waals surface area contributed by atoms with Gasteiger partial charge in [-0.1, -0.05) is 16.9 Å². The number of hydrogen-bond donors (Lipinski definition) is 1. The minimum Gasteiger partial charge on any atom is -0.376 e. The van der Waals surface area contributed by atoms with Crippen molar-refractivity contribution in [3.05, 3.63) is 11.8 Å². The van der Waals surface area contributed by atoms with Gasteiger partial charge in [0.05, 0.1) is 17.9 Å². The summed E-state index contributed by atoms with van der Waals surface area (Å²) in [5.74, 6) is 1.82. The summed E-state index contributed by atoms with van der Waals surface area (Å²) < 4.78 is 13.0. The molecule has 2 aromatic rings. The largest absolute Gasteiger partial charge is 0.376 e. The quantitative estimate of drug-likeness (QED) is 0.700. The smallest absolute Gasteiger partial charge is 0.238 e. The molecule has 0 aromatic carbocycles. The molecule has 0 spiro atoms. The Balaban J connectivity index is 1.48. The van der Waals surface area contributed by atoms with Gasteiger partial charge in [-0.25, -0.2) is 0 Å². The number of aryl methyl sites for hydroxylation is 1. The summed E-state index contributed by atoms with van der Waals surface area (Å²) in [5, 5.41) is 15.8. The number of nitrogens with zero attached hydrogens (tertiary/aromatic N) is 5. The van der Waals surface area contributed by atoms with Crippen LogP contribution in [0.4, 0.5) is 11.8 Å². The maximum absolute atomic E-state index is 12.5. The number of carbonyl (C=O) groups excluding carboxylic acids is 1. The molecule has 1 amide bonds. The van der Waals surface area contributed by atoms with Crippen LogP contribution in [-0.4, -0.2) is 56.9 Å². The lowest BCUT2D eigenvalue weighted by Gasteiger charge is -2.21.